The third kappa shape index (κ3) is 27.5. The van der Waals surface area contributed by atoms with Crippen molar-refractivity contribution in [2.45, 2.75) is 148 Å². The molecule has 0 aromatic heterocycles. The SMILES string of the molecule is CCCCCCC/C=C\CCCCCCCC(=O)OC(COC(=O)CCCCCCC)COP(=O)(O)OCC(O)CO. The number of hydrogen-bond donors (Lipinski definition) is 3. The van der Waals surface area contributed by atoms with Gasteiger partial charge in [-0.1, -0.05) is 96.6 Å². The molecule has 10 nitrogen and oxygen atoms in total. The van der Waals surface area contributed by atoms with E-state index in [4.69, 9.17) is 19.1 Å². The molecule has 0 radical (unpaired) electrons. The standard InChI is InChI=1S/C31H59O10P/c1-3-5-7-9-10-11-12-13-14-15-16-17-19-21-23-31(35)41-29(26-38-30(34)22-20-18-8-6-4-2)27-40-42(36,37)39-25-28(33)24-32/h12-13,28-29,32-33H,3-11,14-27H2,1-2H3,(H,36,37)/b13-12-. The van der Waals surface area contributed by atoms with Crippen molar-refractivity contribution in [3.63, 3.8) is 0 Å². The normalized spacial score (nSPS) is 14.5. The number of unbranched alkanes of at least 4 members (excludes halogenated alkanes) is 14. The topological polar surface area (TPSA) is 149 Å². The van der Waals surface area contributed by atoms with Crippen LogP contribution in [0.1, 0.15) is 136 Å². The fraction of sp³-hybridized carbons (Fsp3) is 0.871. The molecule has 3 atom stereocenters. The third-order valence-corrected chi connectivity index (χ3v) is 7.62. The molecule has 0 aromatic rings. The molecule has 0 aliphatic heterocycles. The summed E-state index contributed by atoms with van der Waals surface area (Å²) in [6.07, 6.45) is 20.9. The molecule has 3 unspecified atom stereocenters. The molecule has 248 valence electrons. The number of phosphoric acid groups is 1. The van der Waals surface area contributed by atoms with Crippen molar-refractivity contribution in [1.29, 1.82) is 0 Å². The van der Waals surface area contributed by atoms with Crippen LogP contribution in [0.25, 0.3) is 0 Å². The Labute approximate surface area is 254 Å². The molecule has 0 heterocycles. The van der Waals surface area contributed by atoms with Gasteiger partial charge in [-0.3, -0.25) is 18.6 Å². The number of esters is 2. The van der Waals surface area contributed by atoms with Crippen LogP contribution in [0.2, 0.25) is 0 Å². The summed E-state index contributed by atoms with van der Waals surface area (Å²) in [5, 5.41) is 18.1. The van der Waals surface area contributed by atoms with Gasteiger partial charge in [0.25, 0.3) is 0 Å². The molecule has 11 heteroatoms. The Morgan fingerprint density at radius 1 is 0.690 bits per heavy atom. The van der Waals surface area contributed by atoms with Gasteiger partial charge >= 0.3 is 19.8 Å². The van der Waals surface area contributed by atoms with Crippen molar-refractivity contribution in [2.24, 2.45) is 0 Å². The molecule has 0 rings (SSSR count). The zero-order valence-electron chi connectivity index (χ0n) is 26.2. The van der Waals surface area contributed by atoms with Gasteiger partial charge in [-0.25, -0.2) is 4.57 Å². The van der Waals surface area contributed by atoms with Gasteiger partial charge in [0.1, 0.15) is 12.7 Å². The minimum Gasteiger partial charge on any atom is -0.462 e. The van der Waals surface area contributed by atoms with Crippen molar-refractivity contribution in [3.8, 4) is 0 Å². The summed E-state index contributed by atoms with van der Waals surface area (Å²) in [5.74, 6) is -0.950. The van der Waals surface area contributed by atoms with E-state index in [0.717, 1.165) is 64.2 Å². The maximum absolute atomic E-state index is 12.4. The average Bonchev–Trinajstić information content (AvgIpc) is 2.97. The summed E-state index contributed by atoms with van der Waals surface area (Å²) in [7, 11) is -4.59. The molecular formula is C31H59O10P. The number of allylic oxidation sites excluding steroid dienone is 2. The number of aliphatic hydroxyl groups is 2. The van der Waals surface area contributed by atoms with Gasteiger partial charge in [-0.2, -0.15) is 0 Å². The average molecular weight is 623 g/mol. The zero-order chi connectivity index (χ0) is 31.3. The molecule has 0 fully saturated rings. The fourth-order valence-corrected chi connectivity index (χ4v) is 4.89. The predicted molar refractivity (Wildman–Crippen MR) is 164 cm³/mol. The highest BCUT2D eigenvalue weighted by atomic mass is 31.2. The lowest BCUT2D eigenvalue weighted by Gasteiger charge is -2.20. The van der Waals surface area contributed by atoms with Crippen LogP contribution in [0.15, 0.2) is 12.2 Å². The molecular weight excluding hydrogens is 563 g/mol. The van der Waals surface area contributed by atoms with Crippen LogP contribution in [0, 0.1) is 0 Å². The Hall–Kier alpha value is -1.29. The van der Waals surface area contributed by atoms with Crippen molar-refractivity contribution in [1.82, 2.24) is 0 Å². The van der Waals surface area contributed by atoms with Crippen LogP contribution in [0.3, 0.4) is 0 Å². The molecule has 0 spiro atoms. The molecule has 0 aliphatic carbocycles. The van der Waals surface area contributed by atoms with E-state index in [2.05, 4.69) is 30.5 Å². The summed E-state index contributed by atoms with van der Waals surface area (Å²) >= 11 is 0. The maximum Gasteiger partial charge on any atom is 0.472 e. The second-order valence-electron chi connectivity index (χ2n) is 10.8. The van der Waals surface area contributed by atoms with Crippen LogP contribution in [-0.2, 0) is 32.7 Å². The van der Waals surface area contributed by atoms with Crippen LogP contribution < -0.4 is 0 Å². The van der Waals surface area contributed by atoms with E-state index in [9.17, 15) is 24.2 Å². The number of hydrogen-bond acceptors (Lipinski definition) is 9. The van der Waals surface area contributed by atoms with Gasteiger partial charge in [0.05, 0.1) is 19.8 Å². The lowest BCUT2D eigenvalue weighted by molar-refractivity contribution is -0.161. The van der Waals surface area contributed by atoms with Gasteiger partial charge in [0.15, 0.2) is 6.10 Å². The summed E-state index contributed by atoms with van der Waals surface area (Å²) in [6.45, 7) is 2.22. The fourth-order valence-electron chi connectivity index (χ4n) is 4.10. The van der Waals surface area contributed by atoms with Crippen LogP contribution in [0.5, 0.6) is 0 Å². The van der Waals surface area contributed by atoms with E-state index in [0.29, 0.717) is 12.8 Å². The van der Waals surface area contributed by atoms with E-state index in [1.54, 1.807) is 0 Å². The highest BCUT2D eigenvalue weighted by molar-refractivity contribution is 7.47. The monoisotopic (exact) mass is 622 g/mol. The smallest absolute Gasteiger partial charge is 0.462 e. The first-order valence-electron chi connectivity index (χ1n) is 16.1. The summed E-state index contributed by atoms with van der Waals surface area (Å²) < 4.78 is 32.2. The third-order valence-electron chi connectivity index (χ3n) is 6.67. The van der Waals surface area contributed by atoms with Gasteiger partial charge in [-0.05, 0) is 38.5 Å². The lowest BCUT2D eigenvalue weighted by atomic mass is 10.1. The van der Waals surface area contributed by atoms with E-state index >= 15 is 0 Å². The largest absolute Gasteiger partial charge is 0.472 e. The molecule has 0 saturated heterocycles. The second-order valence-corrected chi connectivity index (χ2v) is 12.3. The number of carbonyl (C=O) groups excluding carboxylic acids is 2. The number of ether oxygens (including phenoxy) is 2. The minimum absolute atomic E-state index is 0.176. The first-order valence-corrected chi connectivity index (χ1v) is 17.6. The second kappa shape index (κ2) is 28.5. The highest BCUT2D eigenvalue weighted by Gasteiger charge is 2.27. The van der Waals surface area contributed by atoms with Crippen LogP contribution in [0.4, 0.5) is 0 Å². The van der Waals surface area contributed by atoms with Crippen molar-refractivity contribution in [3.05, 3.63) is 12.2 Å². The first kappa shape index (κ1) is 40.7. The quantitative estimate of drug-likeness (QED) is 0.0333. The number of carbonyl (C=O) groups is 2. The molecule has 0 bridgehead atoms. The van der Waals surface area contributed by atoms with Gasteiger partial charge in [-0.15, -0.1) is 0 Å². The molecule has 0 amide bonds. The summed E-state index contributed by atoms with van der Waals surface area (Å²) in [5.41, 5.74) is 0. The molecule has 3 N–H and O–H groups in total. The van der Waals surface area contributed by atoms with Crippen molar-refractivity contribution in [2.75, 3.05) is 26.4 Å². The molecule has 42 heavy (non-hydrogen) atoms. The molecule has 0 aromatic carbocycles. The van der Waals surface area contributed by atoms with Crippen LogP contribution in [-0.4, -0.2) is 65.7 Å². The molecule has 0 aliphatic rings. The van der Waals surface area contributed by atoms with Crippen molar-refractivity contribution < 1.29 is 47.8 Å². The lowest BCUT2D eigenvalue weighted by Crippen LogP contribution is -2.29. The van der Waals surface area contributed by atoms with E-state index in [1.165, 1.54) is 32.1 Å². The maximum atomic E-state index is 12.4. The Morgan fingerprint density at radius 3 is 1.71 bits per heavy atom. The summed E-state index contributed by atoms with van der Waals surface area (Å²) in [4.78, 5) is 34.3. The minimum atomic E-state index is -4.59. The number of phosphoric ester groups is 1. The highest BCUT2D eigenvalue weighted by Crippen LogP contribution is 2.43. The van der Waals surface area contributed by atoms with Gasteiger partial charge in [0.2, 0.25) is 0 Å². The zero-order valence-corrected chi connectivity index (χ0v) is 27.1. The first-order chi connectivity index (χ1) is 20.2. The Balaban J connectivity index is 4.38. The van der Waals surface area contributed by atoms with Crippen LogP contribution >= 0.6 is 7.82 Å². The molecule has 0 saturated carbocycles. The Morgan fingerprint density at radius 2 is 1.17 bits per heavy atom. The summed E-state index contributed by atoms with van der Waals surface area (Å²) in [6, 6.07) is 0. The number of aliphatic hydroxyl groups excluding tert-OH is 2. The van der Waals surface area contributed by atoms with Crippen molar-refractivity contribution >= 4 is 19.8 Å². The number of rotatable bonds is 30. The Kier molecular flexibility index (Phi) is 27.6. The van der Waals surface area contributed by atoms with E-state index in [-0.39, 0.29) is 19.4 Å². The Bertz CT molecular complexity index is 731. The van der Waals surface area contributed by atoms with Gasteiger partial charge in [0, 0.05) is 12.8 Å². The predicted octanol–water partition coefficient (Wildman–Crippen LogP) is 6.94. The van der Waals surface area contributed by atoms with E-state index in [1.807, 2.05) is 0 Å². The van der Waals surface area contributed by atoms with Gasteiger partial charge < -0.3 is 24.6 Å². The van der Waals surface area contributed by atoms with E-state index < -0.39 is 51.8 Å².